The van der Waals surface area contributed by atoms with E-state index in [1.165, 1.54) is 13.8 Å². The molecular formula is C40H38O4P2. The summed E-state index contributed by atoms with van der Waals surface area (Å²) >= 11 is 0. The van der Waals surface area contributed by atoms with Crippen molar-refractivity contribution in [3.05, 3.63) is 182 Å². The SMILES string of the molecule is CC(=O)O[PH](c1ccccc1)(c1ccccc1)c1ccccc1.CC(=O)O[PH](c1ccccc1)(c1ccccc1)c1ccccc1. The molecule has 4 nitrogen and oxygen atoms in total. The Bertz CT molecular complexity index is 1490. The van der Waals surface area contributed by atoms with Crippen molar-refractivity contribution < 1.29 is 18.6 Å². The van der Waals surface area contributed by atoms with Gasteiger partial charge in [-0.3, -0.25) is 0 Å². The summed E-state index contributed by atoms with van der Waals surface area (Å²) in [6, 6.07) is 60.4. The minimum absolute atomic E-state index is 0.256. The van der Waals surface area contributed by atoms with E-state index >= 15 is 0 Å². The first-order valence-corrected chi connectivity index (χ1v) is 19.0. The van der Waals surface area contributed by atoms with Crippen LogP contribution in [0.1, 0.15) is 13.8 Å². The Kier molecular flexibility index (Phi) is 10.9. The van der Waals surface area contributed by atoms with Gasteiger partial charge in [-0.1, -0.05) is 0 Å². The van der Waals surface area contributed by atoms with E-state index in [0.717, 1.165) is 31.8 Å². The molecule has 6 aromatic carbocycles. The molecule has 0 radical (unpaired) electrons. The van der Waals surface area contributed by atoms with Gasteiger partial charge in [0.25, 0.3) is 0 Å². The predicted molar refractivity (Wildman–Crippen MR) is 197 cm³/mol. The molecule has 0 aliphatic carbocycles. The van der Waals surface area contributed by atoms with Gasteiger partial charge >= 0.3 is 273 Å². The zero-order chi connectivity index (χ0) is 32.2. The van der Waals surface area contributed by atoms with Crippen molar-refractivity contribution in [1.29, 1.82) is 0 Å². The molecular weight excluding hydrogens is 606 g/mol. The zero-order valence-electron chi connectivity index (χ0n) is 26.0. The third-order valence-corrected chi connectivity index (χ3v) is 15.7. The zero-order valence-corrected chi connectivity index (χ0v) is 28.0. The van der Waals surface area contributed by atoms with Crippen LogP contribution in [0.25, 0.3) is 0 Å². The Morgan fingerprint density at radius 1 is 0.326 bits per heavy atom. The van der Waals surface area contributed by atoms with Crippen LogP contribution in [0.15, 0.2) is 182 Å². The van der Waals surface area contributed by atoms with Gasteiger partial charge in [0, 0.05) is 0 Å². The van der Waals surface area contributed by atoms with Crippen molar-refractivity contribution in [3.8, 4) is 0 Å². The molecule has 6 aromatic rings. The molecule has 0 spiro atoms. The van der Waals surface area contributed by atoms with Gasteiger partial charge in [0.2, 0.25) is 0 Å². The fraction of sp³-hybridized carbons (Fsp3) is 0.0500. The summed E-state index contributed by atoms with van der Waals surface area (Å²) in [4.78, 5) is 24.0. The van der Waals surface area contributed by atoms with Gasteiger partial charge < -0.3 is 0 Å². The van der Waals surface area contributed by atoms with E-state index in [4.69, 9.17) is 9.05 Å². The van der Waals surface area contributed by atoms with Crippen LogP contribution in [0.4, 0.5) is 0 Å². The Morgan fingerprint density at radius 3 is 0.609 bits per heavy atom. The van der Waals surface area contributed by atoms with Gasteiger partial charge in [0.15, 0.2) is 0 Å². The second-order valence-electron chi connectivity index (χ2n) is 10.7. The Hall–Kier alpha value is -4.88. The summed E-state index contributed by atoms with van der Waals surface area (Å²) in [7, 11) is -5.67. The van der Waals surface area contributed by atoms with Crippen LogP contribution < -0.4 is 31.8 Å². The van der Waals surface area contributed by atoms with Crippen molar-refractivity contribution in [2.45, 2.75) is 13.8 Å². The molecule has 232 valence electrons. The number of hydrogen-bond acceptors (Lipinski definition) is 4. The average molecular weight is 645 g/mol. The molecule has 0 saturated heterocycles. The Labute approximate surface area is 272 Å². The molecule has 0 heterocycles. The third-order valence-electron chi connectivity index (χ3n) is 7.68. The molecule has 0 aromatic heterocycles. The molecule has 0 unspecified atom stereocenters. The first-order valence-electron chi connectivity index (χ1n) is 15.2. The van der Waals surface area contributed by atoms with Gasteiger partial charge in [-0.2, -0.15) is 0 Å². The van der Waals surface area contributed by atoms with Crippen molar-refractivity contribution in [2.75, 3.05) is 0 Å². The molecule has 0 aliphatic rings. The Balaban J connectivity index is 0.000000181. The van der Waals surface area contributed by atoms with Crippen LogP contribution in [0.5, 0.6) is 0 Å². The van der Waals surface area contributed by atoms with Crippen molar-refractivity contribution >= 4 is 58.7 Å². The van der Waals surface area contributed by atoms with E-state index in [1.807, 2.05) is 109 Å². The number of carbonyl (C=O) groups is 2. The van der Waals surface area contributed by atoms with E-state index < -0.39 is 15.0 Å². The van der Waals surface area contributed by atoms with E-state index in [9.17, 15) is 9.59 Å². The van der Waals surface area contributed by atoms with Crippen LogP contribution in [0.2, 0.25) is 0 Å². The Morgan fingerprint density at radius 2 is 0.478 bits per heavy atom. The third kappa shape index (κ3) is 7.16. The molecule has 6 heteroatoms. The predicted octanol–water partition coefficient (Wildman–Crippen LogP) is 6.38. The second-order valence-corrected chi connectivity index (χ2v) is 17.3. The van der Waals surface area contributed by atoms with E-state index in [2.05, 4.69) is 72.8 Å². The molecule has 0 amide bonds. The van der Waals surface area contributed by atoms with Crippen LogP contribution in [0.3, 0.4) is 0 Å². The first-order chi connectivity index (χ1) is 22.5. The topological polar surface area (TPSA) is 52.6 Å². The van der Waals surface area contributed by atoms with Crippen molar-refractivity contribution in [1.82, 2.24) is 0 Å². The number of carbonyl (C=O) groups excluding carboxylic acids is 2. The normalized spacial score (nSPS) is 11.7. The van der Waals surface area contributed by atoms with Gasteiger partial charge in [-0.15, -0.1) is 0 Å². The molecule has 0 fully saturated rings. The molecule has 0 saturated carbocycles. The van der Waals surface area contributed by atoms with Crippen molar-refractivity contribution in [2.24, 2.45) is 0 Å². The van der Waals surface area contributed by atoms with Gasteiger partial charge in [0.1, 0.15) is 0 Å². The molecule has 6 rings (SSSR count). The molecule has 46 heavy (non-hydrogen) atoms. The van der Waals surface area contributed by atoms with E-state index in [0.29, 0.717) is 0 Å². The number of rotatable bonds is 8. The van der Waals surface area contributed by atoms with Crippen molar-refractivity contribution in [3.63, 3.8) is 0 Å². The van der Waals surface area contributed by atoms with Gasteiger partial charge in [0.05, 0.1) is 0 Å². The van der Waals surface area contributed by atoms with E-state index in [-0.39, 0.29) is 11.9 Å². The molecule has 0 N–H and O–H groups in total. The summed E-state index contributed by atoms with van der Waals surface area (Å²) in [5.41, 5.74) is 0. The maximum absolute atomic E-state index is 12.0. The van der Waals surface area contributed by atoms with Crippen LogP contribution >= 0.6 is 15.0 Å². The average Bonchev–Trinajstić information content (AvgIpc) is 3.12. The summed E-state index contributed by atoms with van der Waals surface area (Å²) in [6.45, 7) is 2.97. The number of hydrogen-bond donors (Lipinski definition) is 0. The monoisotopic (exact) mass is 644 g/mol. The summed E-state index contributed by atoms with van der Waals surface area (Å²) in [5.74, 6) is -0.513. The van der Waals surface area contributed by atoms with Gasteiger partial charge in [-0.05, 0) is 0 Å². The summed E-state index contributed by atoms with van der Waals surface area (Å²) < 4.78 is 12.2. The minimum atomic E-state index is -2.84. The van der Waals surface area contributed by atoms with E-state index in [1.54, 1.807) is 0 Å². The fourth-order valence-corrected chi connectivity index (χ4v) is 13.4. The maximum atomic E-state index is 12.0. The second kappa shape index (κ2) is 15.4. The van der Waals surface area contributed by atoms with Crippen LogP contribution in [-0.2, 0) is 18.6 Å². The molecule has 0 aliphatic heterocycles. The first kappa shape index (κ1) is 32.5. The van der Waals surface area contributed by atoms with Crippen LogP contribution in [-0.4, -0.2) is 11.9 Å². The summed E-state index contributed by atoms with van der Waals surface area (Å²) in [6.07, 6.45) is 0. The van der Waals surface area contributed by atoms with Crippen LogP contribution in [0, 0.1) is 0 Å². The quantitative estimate of drug-likeness (QED) is 0.181. The summed E-state index contributed by atoms with van der Waals surface area (Å²) in [5, 5.41) is 6.38. The standard InChI is InChI=1S/2C20H19O2P/c2*1-17(21)22-23(18-11-5-2-6-12-18,19-13-7-3-8-14-19)20-15-9-4-10-16-20/h2*2-16,23H,1H3. The molecule has 0 bridgehead atoms. The van der Waals surface area contributed by atoms with Gasteiger partial charge in [-0.25, -0.2) is 0 Å². The fourth-order valence-electron chi connectivity index (χ4n) is 5.82. The molecule has 0 atom stereocenters. The number of benzene rings is 6.